The molecule has 10 nitrogen and oxygen atoms in total. The van der Waals surface area contributed by atoms with Crippen LogP contribution < -0.4 is 15.4 Å². The molecular weight excluding hydrogens is 485 g/mol. The zero-order chi connectivity index (χ0) is 25.3. The lowest BCUT2D eigenvalue weighted by Crippen LogP contribution is -2.34. The lowest BCUT2D eigenvalue weighted by Gasteiger charge is -2.21. The number of piperidine rings is 1. The first-order valence-corrected chi connectivity index (χ1v) is 12.9. The van der Waals surface area contributed by atoms with E-state index >= 15 is 0 Å². The van der Waals surface area contributed by atoms with E-state index in [9.17, 15) is 17.6 Å². The van der Waals surface area contributed by atoms with Gasteiger partial charge in [0.2, 0.25) is 5.91 Å². The average Bonchev–Trinajstić information content (AvgIpc) is 3.28. The molecule has 0 saturated carbocycles. The van der Waals surface area contributed by atoms with Crippen molar-refractivity contribution >= 4 is 38.6 Å². The van der Waals surface area contributed by atoms with Crippen molar-refractivity contribution in [3.63, 3.8) is 0 Å². The number of H-pyrrole nitrogens is 1. The number of nitrogens with zero attached hydrogens (tertiary/aromatic N) is 3. The van der Waals surface area contributed by atoms with Crippen molar-refractivity contribution in [3.8, 4) is 11.3 Å². The predicted octanol–water partition coefficient (Wildman–Crippen LogP) is 3.21. The van der Waals surface area contributed by atoms with Gasteiger partial charge in [0.25, 0.3) is 10.0 Å². The monoisotopic (exact) mass is 509 g/mol. The number of halogens is 1. The molecule has 0 spiro atoms. The smallest absolute Gasteiger partial charge is 0.264 e. The van der Waals surface area contributed by atoms with Gasteiger partial charge >= 0.3 is 0 Å². The van der Waals surface area contributed by atoms with Gasteiger partial charge in [-0.3, -0.25) is 14.6 Å². The van der Waals surface area contributed by atoms with E-state index in [-0.39, 0.29) is 17.5 Å². The Morgan fingerprint density at radius 1 is 1.11 bits per heavy atom. The van der Waals surface area contributed by atoms with Gasteiger partial charge in [-0.2, -0.15) is 5.10 Å². The van der Waals surface area contributed by atoms with E-state index in [1.165, 1.54) is 12.1 Å². The van der Waals surface area contributed by atoms with E-state index in [2.05, 4.69) is 35.5 Å². The van der Waals surface area contributed by atoms with Gasteiger partial charge < -0.3 is 10.6 Å². The fourth-order valence-corrected chi connectivity index (χ4v) is 5.29. The SMILES string of the molecule is Cc1ccc(F)c(S(=O)(=O)Nc2ccc(-c3cnc4c(NC(=O)C5CCNCC5)n[nH]c4n3)cc2)c1. The van der Waals surface area contributed by atoms with Crippen LogP contribution in [0.15, 0.2) is 53.6 Å². The summed E-state index contributed by atoms with van der Waals surface area (Å²) >= 11 is 0. The first kappa shape index (κ1) is 23.8. The summed E-state index contributed by atoms with van der Waals surface area (Å²) in [4.78, 5) is 21.1. The maximum atomic E-state index is 14.1. The maximum absolute atomic E-state index is 14.1. The molecule has 0 aliphatic carbocycles. The van der Waals surface area contributed by atoms with Crippen LogP contribution in [0.4, 0.5) is 15.9 Å². The highest BCUT2D eigenvalue weighted by molar-refractivity contribution is 7.92. The minimum absolute atomic E-state index is 0.0661. The third-order valence-corrected chi connectivity index (χ3v) is 7.43. The third kappa shape index (κ3) is 4.90. The zero-order valence-electron chi connectivity index (χ0n) is 19.4. The summed E-state index contributed by atoms with van der Waals surface area (Å²) < 4.78 is 41.8. The molecular formula is C24H24FN7O3S. The van der Waals surface area contributed by atoms with Crippen molar-refractivity contribution in [2.45, 2.75) is 24.7 Å². The highest BCUT2D eigenvalue weighted by Crippen LogP contribution is 2.25. The molecule has 0 unspecified atom stereocenters. The molecule has 12 heteroatoms. The summed E-state index contributed by atoms with van der Waals surface area (Å²) in [5, 5.41) is 13.0. The van der Waals surface area contributed by atoms with Crippen molar-refractivity contribution in [3.05, 3.63) is 60.0 Å². The number of aryl methyl sites for hydroxylation is 1. The summed E-state index contributed by atoms with van der Waals surface area (Å²) in [5.74, 6) is -0.636. The quantitative estimate of drug-likeness (QED) is 0.313. The van der Waals surface area contributed by atoms with Crippen molar-refractivity contribution in [1.29, 1.82) is 0 Å². The van der Waals surface area contributed by atoms with E-state index in [4.69, 9.17) is 0 Å². The fourth-order valence-electron chi connectivity index (χ4n) is 4.07. The van der Waals surface area contributed by atoms with Gasteiger partial charge in [-0.15, -0.1) is 0 Å². The van der Waals surface area contributed by atoms with Gasteiger partial charge in [-0.25, -0.2) is 22.8 Å². The second-order valence-corrected chi connectivity index (χ2v) is 10.3. The number of carbonyl (C=O) groups is 1. The fraction of sp³-hybridized carbons (Fsp3) is 0.250. The van der Waals surface area contributed by atoms with Crippen LogP contribution in [-0.2, 0) is 14.8 Å². The van der Waals surface area contributed by atoms with Gasteiger partial charge in [0.1, 0.15) is 10.7 Å². The van der Waals surface area contributed by atoms with Crippen molar-refractivity contribution in [2.75, 3.05) is 23.1 Å². The van der Waals surface area contributed by atoms with Gasteiger partial charge in [-0.1, -0.05) is 18.2 Å². The van der Waals surface area contributed by atoms with Crippen LogP contribution in [0.5, 0.6) is 0 Å². The molecule has 0 atom stereocenters. The third-order valence-electron chi connectivity index (χ3n) is 6.03. The number of carbonyl (C=O) groups excluding carboxylic acids is 1. The predicted molar refractivity (Wildman–Crippen MR) is 133 cm³/mol. The molecule has 186 valence electrons. The zero-order valence-corrected chi connectivity index (χ0v) is 20.2. The first-order valence-electron chi connectivity index (χ1n) is 11.4. The van der Waals surface area contributed by atoms with Crippen LogP contribution in [0.25, 0.3) is 22.4 Å². The Bertz CT molecular complexity index is 1530. The van der Waals surface area contributed by atoms with E-state index in [1.807, 2.05) is 0 Å². The molecule has 5 rings (SSSR count). The molecule has 4 aromatic rings. The lowest BCUT2D eigenvalue weighted by atomic mass is 9.97. The summed E-state index contributed by atoms with van der Waals surface area (Å²) in [5.41, 5.74) is 2.98. The van der Waals surface area contributed by atoms with Gasteiger partial charge in [0, 0.05) is 17.2 Å². The Labute approximate surface area is 206 Å². The summed E-state index contributed by atoms with van der Waals surface area (Å²) in [7, 11) is -4.09. The number of rotatable bonds is 6. The molecule has 4 N–H and O–H groups in total. The van der Waals surface area contributed by atoms with Gasteiger partial charge in [0.05, 0.1) is 11.9 Å². The molecule has 2 aromatic carbocycles. The molecule has 0 bridgehead atoms. The Hall–Kier alpha value is -3.90. The number of benzene rings is 2. The van der Waals surface area contributed by atoms with E-state index in [0.29, 0.717) is 33.8 Å². The van der Waals surface area contributed by atoms with Crippen LogP contribution in [0, 0.1) is 18.7 Å². The number of amides is 1. The van der Waals surface area contributed by atoms with E-state index < -0.39 is 20.7 Å². The highest BCUT2D eigenvalue weighted by atomic mass is 32.2. The maximum Gasteiger partial charge on any atom is 0.264 e. The number of nitrogens with one attached hydrogen (secondary N) is 4. The number of hydrogen-bond donors (Lipinski definition) is 4. The Kier molecular flexibility index (Phi) is 6.37. The minimum Gasteiger partial charge on any atom is -0.317 e. The molecule has 1 aliphatic heterocycles. The van der Waals surface area contributed by atoms with E-state index in [1.54, 1.807) is 37.4 Å². The van der Waals surface area contributed by atoms with Gasteiger partial charge in [-0.05, 0) is 62.7 Å². The molecule has 2 aromatic heterocycles. The summed E-state index contributed by atoms with van der Waals surface area (Å²) in [6.45, 7) is 3.31. The Morgan fingerprint density at radius 3 is 2.61 bits per heavy atom. The Balaban J connectivity index is 1.32. The highest BCUT2D eigenvalue weighted by Gasteiger charge is 2.23. The largest absolute Gasteiger partial charge is 0.317 e. The van der Waals surface area contributed by atoms with Crippen molar-refractivity contribution < 1.29 is 17.6 Å². The normalized spacial score (nSPS) is 14.6. The summed E-state index contributed by atoms with van der Waals surface area (Å²) in [6, 6.07) is 10.4. The van der Waals surface area contributed by atoms with E-state index in [0.717, 1.165) is 32.0 Å². The van der Waals surface area contributed by atoms with Crippen LogP contribution in [0.3, 0.4) is 0 Å². The molecule has 1 fully saturated rings. The second-order valence-electron chi connectivity index (χ2n) is 8.65. The number of hydrogen-bond acceptors (Lipinski definition) is 7. The van der Waals surface area contributed by atoms with Crippen molar-refractivity contribution in [1.82, 2.24) is 25.5 Å². The number of sulfonamides is 1. The van der Waals surface area contributed by atoms with Crippen LogP contribution in [-0.4, -0.2) is 47.6 Å². The van der Waals surface area contributed by atoms with Gasteiger partial charge in [0.15, 0.2) is 17.0 Å². The molecule has 1 saturated heterocycles. The molecule has 1 amide bonds. The molecule has 36 heavy (non-hydrogen) atoms. The number of aromatic amines is 1. The number of anilines is 2. The number of fused-ring (bicyclic) bond motifs is 1. The van der Waals surface area contributed by atoms with Crippen LogP contribution in [0.1, 0.15) is 18.4 Å². The molecule has 1 aliphatic rings. The van der Waals surface area contributed by atoms with Crippen LogP contribution in [0.2, 0.25) is 0 Å². The molecule has 0 radical (unpaired) electrons. The standard InChI is InChI=1S/C24H24FN7O3S/c1-14-2-7-18(25)20(12-14)36(34,35)32-17-5-3-15(4-6-17)19-13-27-21-22(28-19)30-31-23(21)29-24(33)16-8-10-26-11-9-16/h2-7,12-13,16,26,32H,8-11H2,1H3,(H2,28,29,30,31,33). The minimum atomic E-state index is -4.09. The number of aromatic nitrogens is 4. The first-order chi connectivity index (χ1) is 17.3. The lowest BCUT2D eigenvalue weighted by molar-refractivity contribution is -0.120. The average molecular weight is 510 g/mol. The summed E-state index contributed by atoms with van der Waals surface area (Å²) in [6.07, 6.45) is 3.10. The Morgan fingerprint density at radius 2 is 1.86 bits per heavy atom. The topological polar surface area (TPSA) is 142 Å². The molecule has 3 heterocycles. The second kappa shape index (κ2) is 9.63. The van der Waals surface area contributed by atoms with Crippen molar-refractivity contribution in [2.24, 2.45) is 5.92 Å². The van der Waals surface area contributed by atoms with Crippen LogP contribution >= 0.6 is 0 Å².